The van der Waals surface area contributed by atoms with E-state index in [1.807, 2.05) is 49.4 Å². The molecule has 0 radical (unpaired) electrons. The highest BCUT2D eigenvalue weighted by Crippen LogP contribution is 2.25. The van der Waals surface area contributed by atoms with E-state index >= 15 is 0 Å². The highest BCUT2D eigenvalue weighted by Gasteiger charge is 2.12. The topological polar surface area (TPSA) is 68.0 Å². The second-order valence-electron chi connectivity index (χ2n) is 8.60. The zero-order valence-corrected chi connectivity index (χ0v) is 19.2. The minimum Gasteiger partial charge on any atom is -0.398 e. The molecule has 0 bridgehead atoms. The fraction of sp³-hybridized carbons (Fsp3) is 0.241. The monoisotopic (exact) mass is 437 g/mol. The molecular weight excluding hydrogens is 406 g/mol. The number of aromatic nitrogens is 1. The van der Waals surface area contributed by atoms with Gasteiger partial charge in [0.05, 0.1) is 5.52 Å². The molecule has 1 heterocycles. The van der Waals surface area contributed by atoms with Gasteiger partial charge in [-0.1, -0.05) is 61.4 Å². The number of hydrogen-bond donors (Lipinski definition) is 2. The van der Waals surface area contributed by atoms with E-state index in [0.717, 1.165) is 52.7 Å². The third-order valence-electron chi connectivity index (χ3n) is 5.99. The number of aryl methyl sites for hydroxylation is 3. The normalized spacial score (nSPS) is 10.9. The number of rotatable bonds is 9. The number of pyridine rings is 1. The van der Waals surface area contributed by atoms with Crippen molar-refractivity contribution in [2.75, 3.05) is 11.1 Å². The summed E-state index contributed by atoms with van der Waals surface area (Å²) < 4.78 is 0. The molecule has 4 aromatic rings. The fourth-order valence-electron chi connectivity index (χ4n) is 4.27. The number of nitrogens with one attached hydrogen (secondary N) is 1. The first-order chi connectivity index (χ1) is 16.1. The molecular formula is C29H31N3O. The molecule has 4 nitrogen and oxygen atoms in total. The van der Waals surface area contributed by atoms with Gasteiger partial charge in [-0.25, -0.2) is 0 Å². The SMILES string of the molecule is Cc1cc(N)c2cc(NC(=O)c3ccccc3CCCCCCc3ccccc3)ccc2n1. The van der Waals surface area contributed by atoms with Gasteiger partial charge in [0.1, 0.15) is 0 Å². The van der Waals surface area contributed by atoms with Crippen molar-refractivity contribution < 1.29 is 4.79 Å². The second-order valence-corrected chi connectivity index (χ2v) is 8.60. The van der Waals surface area contributed by atoms with Crippen LogP contribution in [0.2, 0.25) is 0 Å². The first-order valence-electron chi connectivity index (χ1n) is 11.7. The lowest BCUT2D eigenvalue weighted by Crippen LogP contribution is -2.14. The van der Waals surface area contributed by atoms with Crippen molar-refractivity contribution in [3.63, 3.8) is 0 Å². The number of nitrogen functional groups attached to an aromatic ring is 1. The van der Waals surface area contributed by atoms with Crippen LogP contribution in [0, 0.1) is 6.92 Å². The van der Waals surface area contributed by atoms with E-state index in [4.69, 9.17) is 5.73 Å². The molecule has 4 heteroatoms. The van der Waals surface area contributed by atoms with Crippen molar-refractivity contribution in [3.05, 3.63) is 101 Å². The summed E-state index contributed by atoms with van der Waals surface area (Å²) in [5.74, 6) is -0.0901. The Balaban J connectivity index is 1.33. The first kappa shape index (κ1) is 22.5. The van der Waals surface area contributed by atoms with Crippen LogP contribution in [0.3, 0.4) is 0 Å². The van der Waals surface area contributed by atoms with E-state index in [1.165, 1.54) is 24.8 Å². The van der Waals surface area contributed by atoms with Crippen LogP contribution in [0.15, 0.2) is 78.9 Å². The number of fused-ring (bicyclic) bond motifs is 1. The number of nitrogens with zero attached hydrogens (tertiary/aromatic N) is 1. The summed E-state index contributed by atoms with van der Waals surface area (Å²) in [6, 6.07) is 26.0. The average molecular weight is 438 g/mol. The summed E-state index contributed by atoms with van der Waals surface area (Å²) in [4.78, 5) is 17.6. The maximum atomic E-state index is 13.0. The smallest absolute Gasteiger partial charge is 0.255 e. The van der Waals surface area contributed by atoms with Crippen LogP contribution in [0.4, 0.5) is 11.4 Å². The summed E-state index contributed by atoms with van der Waals surface area (Å²) >= 11 is 0. The first-order valence-corrected chi connectivity index (χ1v) is 11.7. The molecule has 0 saturated heterocycles. The maximum Gasteiger partial charge on any atom is 0.255 e. The quantitative estimate of drug-likeness (QED) is 0.285. The Hall–Kier alpha value is -3.66. The van der Waals surface area contributed by atoms with Gasteiger partial charge >= 0.3 is 0 Å². The minimum atomic E-state index is -0.0901. The summed E-state index contributed by atoms with van der Waals surface area (Å²) in [5, 5.41) is 3.89. The number of hydrogen-bond acceptors (Lipinski definition) is 3. The number of benzene rings is 3. The lowest BCUT2D eigenvalue weighted by molar-refractivity contribution is 0.102. The molecule has 1 amide bonds. The van der Waals surface area contributed by atoms with E-state index in [9.17, 15) is 4.79 Å². The molecule has 3 N–H and O–H groups in total. The molecule has 0 atom stereocenters. The molecule has 33 heavy (non-hydrogen) atoms. The largest absolute Gasteiger partial charge is 0.398 e. The molecule has 0 spiro atoms. The van der Waals surface area contributed by atoms with Crippen molar-refractivity contribution in [2.45, 2.75) is 45.4 Å². The van der Waals surface area contributed by atoms with E-state index in [1.54, 1.807) is 0 Å². The molecule has 0 fully saturated rings. The maximum absolute atomic E-state index is 13.0. The Morgan fingerprint density at radius 2 is 1.58 bits per heavy atom. The van der Waals surface area contributed by atoms with Crippen LogP contribution in [0.1, 0.15) is 52.9 Å². The minimum absolute atomic E-state index is 0.0901. The van der Waals surface area contributed by atoms with Crippen LogP contribution in [-0.4, -0.2) is 10.9 Å². The molecule has 0 saturated carbocycles. The Kier molecular flexibility index (Phi) is 7.36. The van der Waals surface area contributed by atoms with E-state index in [-0.39, 0.29) is 5.91 Å². The van der Waals surface area contributed by atoms with Gasteiger partial charge in [-0.3, -0.25) is 9.78 Å². The van der Waals surface area contributed by atoms with E-state index < -0.39 is 0 Å². The van der Waals surface area contributed by atoms with Crippen LogP contribution in [0.5, 0.6) is 0 Å². The van der Waals surface area contributed by atoms with Crippen LogP contribution >= 0.6 is 0 Å². The standard InChI is InChI=1S/C29H31N3O/c1-21-19-27(30)26-20-24(17-18-28(26)31-21)32-29(33)25-16-10-9-15-23(25)14-8-3-2-5-11-22-12-6-4-7-13-22/h4,6-7,9-10,12-13,15-20H,2-3,5,8,11,14H2,1H3,(H2,30,31)(H,32,33). The molecule has 0 aliphatic carbocycles. The molecule has 0 unspecified atom stereocenters. The van der Waals surface area contributed by atoms with Gasteiger partial charge in [0.2, 0.25) is 0 Å². The number of anilines is 2. The van der Waals surface area contributed by atoms with Gasteiger partial charge in [-0.15, -0.1) is 0 Å². The van der Waals surface area contributed by atoms with Crippen LogP contribution in [-0.2, 0) is 12.8 Å². The number of carbonyl (C=O) groups excluding carboxylic acids is 1. The predicted molar refractivity (Wildman–Crippen MR) is 138 cm³/mol. The van der Waals surface area contributed by atoms with Crippen molar-refractivity contribution in [1.82, 2.24) is 4.98 Å². The number of unbranched alkanes of at least 4 members (excludes halogenated alkanes) is 3. The second kappa shape index (κ2) is 10.8. The third-order valence-corrected chi connectivity index (χ3v) is 5.99. The molecule has 3 aromatic carbocycles. The molecule has 168 valence electrons. The Labute approximate surface area is 195 Å². The molecule has 0 aliphatic rings. The number of carbonyl (C=O) groups is 1. The van der Waals surface area contributed by atoms with Crippen molar-refractivity contribution >= 4 is 28.2 Å². The zero-order valence-electron chi connectivity index (χ0n) is 19.2. The summed E-state index contributed by atoms with van der Waals surface area (Å²) in [6.07, 6.45) is 6.69. The average Bonchev–Trinajstić information content (AvgIpc) is 2.82. The summed E-state index contributed by atoms with van der Waals surface area (Å²) in [5.41, 5.74) is 12.5. The lowest BCUT2D eigenvalue weighted by Gasteiger charge is -2.12. The Bertz CT molecular complexity index is 1230. The van der Waals surface area contributed by atoms with E-state index in [0.29, 0.717) is 5.69 Å². The van der Waals surface area contributed by atoms with Gasteiger partial charge in [-0.2, -0.15) is 0 Å². The highest BCUT2D eigenvalue weighted by molar-refractivity contribution is 6.06. The van der Waals surface area contributed by atoms with Crippen LogP contribution in [0.25, 0.3) is 10.9 Å². The Morgan fingerprint density at radius 1 is 0.848 bits per heavy atom. The van der Waals surface area contributed by atoms with Gasteiger partial charge < -0.3 is 11.1 Å². The highest BCUT2D eigenvalue weighted by atomic mass is 16.1. The zero-order chi connectivity index (χ0) is 23.0. The molecule has 0 aliphatic heterocycles. The lowest BCUT2D eigenvalue weighted by atomic mass is 9.99. The van der Waals surface area contributed by atoms with Gasteiger partial charge in [0.15, 0.2) is 0 Å². The van der Waals surface area contributed by atoms with Gasteiger partial charge in [-0.05, 0) is 74.1 Å². The Morgan fingerprint density at radius 3 is 2.39 bits per heavy atom. The molecule has 1 aromatic heterocycles. The van der Waals surface area contributed by atoms with E-state index in [2.05, 4.69) is 46.7 Å². The number of nitrogens with two attached hydrogens (primary N) is 1. The molecule has 4 rings (SSSR count). The third kappa shape index (κ3) is 5.98. The fourth-order valence-corrected chi connectivity index (χ4v) is 4.27. The van der Waals surface area contributed by atoms with Gasteiger partial charge in [0, 0.05) is 28.0 Å². The van der Waals surface area contributed by atoms with Crippen molar-refractivity contribution in [2.24, 2.45) is 0 Å². The van der Waals surface area contributed by atoms with Crippen molar-refractivity contribution in [1.29, 1.82) is 0 Å². The van der Waals surface area contributed by atoms with Crippen LogP contribution < -0.4 is 11.1 Å². The summed E-state index contributed by atoms with van der Waals surface area (Å²) in [6.45, 7) is 1.92. The van der Waals surface area contributed by atoms with Gasteiger partial charge in [0.25, 0.3) is 5.91 Å². The predicted octanol–water partition coefficient (Wildman–Crippen LogP) is 6.72. The number of amides is 1. The summed E-state index contributed by atoms with van der Waals surface area (Å²) in [7, 11) is 0. The van der Waals surface area contributed by atoms with Crippen molar-refractivity contribution in [3.8, 4) is 0 Å².